The lowest BCUT2D eigenvalue weighted by molar-refractivity contribution is 0.0984. The van der Waals surface area contributed by atoms with Crippen molar-refractivity contribution in [2.24, 2.45) is 0 Å². The third-order valence-corrected chi connectivity index (χ3v) is 2.43. The van der Waals surface area contributed by atoms with Crippen molar-refractivity contribution in [2.45, 2.75) is 24.1 Å². The molecule has 3 heteroatoms. The number of alkyl halides is 2. The van der Waals surface area contributed by atoms with Gasteiger partial charge in [0.1, 0.15) is 0 Å². The third kappa shape index (κ3) is 3.32. The molecule has 0 aliphatic heterocycles. The maximum atomic E-state index is 11.7. The van der Waals surface area contributed by atoms with E-state index in [9.17, 15) is 4.79 Å². The van der Waals surface area contributed by atoms with E-state index in [4.69, 9.17) is 23.2 Å². The van der Waals surface area contributed by atoms with Gasteiger partial charge in [-0.15, -0.1) is 23.2 Å². The van der Waals surface area contributed by atoms with Gasteiger partial charge in [0.2, 0.25) is 0 Å². The number of carbonyl (C=O) groups is 1. The van der Waals surface area contributed by atoms with E-state index in [-0.39, 0.29) is 11.2 Å². The highest BCUT2D eigenvalue weighted by atomic mass is 35.5. The predicted octanol–water partition coefficient (Wildman–Crippen LogP) is 3.49. The molecule has 0 radical (unpaired) electrons. The number of halogens is 2. The van der Waals surface area contributed by atoms with Crippen LogP contribution in [-0.4, -0.2) is 16.5 Å². The Morgan fingerprint density at radius 2 is 1.86 bits per heavy atom. The summed E-state index contributed by atoms with van der Waals surface area (Å²) < 4.78 is 0. The number of Topliss-reactive ketones (excluding diaryl/α,β-unsaturated/α-hetero) is 1. The first-order chi connectivity index (χ1) is 6.61. The molecule has 14 heavy (non-hydrogen) atoms. The number of benzene rings is 1. The zero-order valence-corrected chi connectivity index (χ0v) is 9.42. The van der Waals surface area contributed by atoms with Crippen LogP contribution in [0.4, 0.5) is 0 Å². The smallest absolute Gasteiger partial charge is 0.180 e. The number of hydrogen-bond donors (Lipinski definition) is 0. The molecular weight excluding hydrogens is 219 g/mol. The fourth-order valence-corrected chi connectivity index (χ4v) is 1.84. The Balaban J connectivity index is 2.66. The van der Waals surface area contributed by atoms with Crippen molar-refractivity contribution in [1.29, 1.82) is 0 Å². The first kappa shape index (κ1) is 11.5. The molecule has 76 valence electrons. The van der Waals surface area contributed by atoms with Crippen LogP contribution < -0.4 is 0 Å². The second-order valence-electron chi connectivity index (χ2n) is 3.21. The van der Waals surface area contributed by atoms with Crippen LogP contribution in [0.2, 0.25) is 0 Å². The number of carbonyl (C=O) groups excluding carboxylic acids is 1. The molecule has 1 aromatic rings. The van der Waals surface area contributed by atoms with Crippen LogP contribution in [-0.2, 0) is 0 Å². The van der Waals surface area contributed by atoms with E-state index in [1.165, 1.54) is 0 Å². The van der Waals surface area contributed by atoms with E-state index in [0.717, 1.165) is 0 Å². The molecule has 1 nitrogen and oxygen atoms in total. The van der Waals surface area contributed by atoms with Crippen LogP contribution in [0.1, 0.15) is 23.7 Å². The van der Waals surface area contributed by atoms with E-state index >= 15 is 0 Å². The molecule has 0 heterocycles. The molecule has 0 aromatic heterocycles. The Kier molecular flexibility index (Phi) is 4.43. The molecule has 1 rings (SSSR count). The van der Waals surface area contributed by atoms with Crippen LogP contribution in [0.5, 0.6) is 0 Å². The Bertz CT molecular complexity index is 295. The van der Waals surface area contributed by atoms with Gasteiger partial charge in [-0.3, -0.25) is 4.79 Å². The standard InChI is InChI=1S/C11H12Cl2O/c1-8(12)7-10(13)11(14)9-5-3-2-4-6-9/h2-6,8,10H,7H2,1H3/t8-,10-/m0/s1. The van der Waals surface area contributed by atoms with Gasteiger partial charge in [0.15, 0.2) is 5.78 Å². The summed E-state index contributed by atoms with van der Waals surface area (Å²) in [4.78, 5) is 11.7. The lowest BCUT2D eigenvalue weighted by atomic mass is 10.1. The Labute approximate surface area is 94.0 Å². The first-order valence-corrected chi connectivity index (χ1v) is 5.36. The Hall–Kier alpha value is -0.530. The van der Waals surface area contributed by atoms with Gasteiger partial charge in [0, 0.05) is 10.9 Å². The minimum atomic E-state index is -0.523. The molecule has 0 unspecified atom stereocenters. The normalized spacial score (nSPS) is 14.8. The summed E-state index contributed by atoms with van der Waals surface area (Å²) >= 11 is 11.7. The average Bonchev–Trinajstić information content (AvgIpc) is 2.17. The average molecular weight is 231 g/mol. The molecule has 0 saturated heterocycles. The topological polar surface area (TPSA) is 17.1 Å². The second-order valence-corrected chi connectivity index (χ2v) is 4.49. The Morgan fingerprint density at radius 3 is 2.36 bits per heavy atom. The van der Waals surface area contributed by atoms with Gasteiger partial charge in [-0.2, -0.15) is 0 Å². The van der Waals surface area contributed by atoms with E-state index in [1.807, 2.05) is 25.1 Å². The summed E-state index contributed by atoms with van der Waals surface area (Å²) in [5.41, 5.74) is 0.643. The van der Waals surface area contributed by atoms with Crippen molar-refractivity contribution in [3.05, 3.63) is 35.9 Å². The molecule has 0 bridgehead atoms. The summed E-state index contributed by atoms with van der Waals surface area (Å²) in [6, 6.07) is 9.03. The number of hydrogen-bond acceptors (Lipinski definition) is 1. The van der Waals surface area contributed by atoms with Crippen molar-refractivity contribution < 1.29 is 4.79 Å². The highest BCUT2D eigenvalue weighted by molar-refractivity contribution is 6.34. The van der Waals surface area contributed by atoms with Crippen LogP contribution in [0, 0.1) is 0 Å². The van der Waals surface area contributed by atoms with Gasteiger partial charge < -0.3 is 0 Å². The van der Waals surface area contributed by atoms with E-state index in [1.54, 1.807) is 12.1 Å². The zero-order valence-electron chi connectivity index (χ0n) is 7.91. The second kappa shape index (κ2) is 5.38. The molecule has 0 aliphatic carbocycles. The van der Waals surface area contributed by atoms with Crippen LogP contribution in [0.25, 0.3) is 0 Å². The minimum absolute atomic E-state index is 0.0558. The summed E-state index contributed by atoms with van der Waals surface area (Å²) in [5.74, 6) is -0.0558. The van der Waals surface area contributed by atoms with Crippen molar-refractivity contribution in [1.82, 2.24) is 0 Å². The summed E-state index contributed by atoms with van der Waals surface area (Å²) in [6.07, 6.45) is 0.497. The van der Waals surface area contributed by atoms with Gasteiger partial charge in [-0.25, -0.2) is 0 Å². The highest BCUT2D eigenvalue weighted by Gasteiger charge is 2.18. The van der Waals surface area contributed by atoms with E-state index < -0.39 is 5.38 Å². The third-order valence-electron chi connectivity index (χ3n) is 1.87. The predicted molar refractivity (Wildman–Crippen MR) is 60.3 cm³/mol. The SMILES string of the molecule is C[C@H](Cl)C[C@H](Cl)C(=O)c1ccccc1. The van der Waals surface area contributed by atoms with Crippen molar-refractivity contribution >= 4 is 29.0 Å². The number of ketones is 1. The van der Waals surface area contributed by atoms with Gasteiger partial charge >= 0.3 is 0 Å². The minimum Gasteiger partial charge on any atom is -0.293 e. The van der Waals surface area contributed by atoms with Crippen molar-refractivity contribution in [3.63, 3.8) is 0 Å². The largest absolute Gasteiger partial charge is 0.293 e. The molecular formula is C11H12Cl2O. The maximum absolute atomic E-state index is 11.7. The summed E-state index contributed by atoms with van der Waals surface area (Å²) in [7, 11) is 0. The van der Waals surface area contributed by atoms with Crippen LogP contribution in [0.3, 0.4) is 0 Å². The lowest BCUT2D eigenvalue weighted by Crippen LogP contribution is -2.17. The van der Waals surface area contributed by atoms with Gasteiger partial charge in [-0.05, 0) is 13.3 Å². The quantitative estimate of drug-likeness (QED) is 0.572. The molecule has 0 aliphatic rings. The molecule has 0 spiro atoms. The number of rotatable bonds is 4. The van der Waals surface area contributed by atoms with Crippen molar-refractivity contribution in [3.8, 4) is 0 Å². The molecule has 1 aromatic carbocycles. The molecule has 0 fully saturated rings. The Morgan fingerprint density at radius 1 is 1.29 bits per heavy atom. The highest BCUT2D eigenvalue weighted by Crippen LogP contribution is 2.15. The monoisotopic (exact) mass is 230 g/mol. The molecule has 0 amide bonds. The van der Waals surface area contributed by atoms with Gasteiger partial charge in [0.05, 0.1) is 5.38 Å². The lowest BCUT2D eigenvalue weighted by Gasteiger charge is -2.09. The van der Waals surface area contributed by atoms with Gasteiger partial charge in [0.25, 0.3) is 0 Å². The molecule has 0 N–H and O–H groups in total. The van der Waals surface area contributed by atoms with Crippen LogP contribution >= 0.6 is 23.2 Å². The summed E-state index contributed by atoms with van der Waals surface area (Å²) in [6.45, 7) is 1.83. The first-order valence-electron chi connectivity index (χ1n) is 4.48. The molecule has 2 atom stereocenters. The molecule has 0 saturated carbocycles. The maximum Gasteiger partial charge on any atom is 0.180 e. The summed E-state index contributed by atoms with van der Waals surface area (Å²) in [5, 5.41) is -0.602. The zero-order chi connectivity index (χ0) is 10.6. The van der Waals surface area contributed by atoms with Crippen LogP contribution in [0.15, 0.2) is 30.3 Å². The van der Waals surface area contributed by atoms with Crippen molar-refractivity contribution in [2.75, 3.05) is 0 Å². The van der Waals surface area contributed by atoms with Gasteiger partial charge in [-0.1, -0.05) is 30.3 Å². The fraction of sp³-hybridized carbons (Fsp3) is 0.364. The van der Waals surface area contributed by atoms with E-state index in [2.05, 4.69) is 0 Å². The van der Waals surface area contributed by atoms with E-state index in [0.29, 0.717) is 12.0 Å². The fourth-order valence-electron chi connectivity index (χ4n) is 1.18.